The van der Waals surface area contributed by atoms with Crippen molar-refractivity contribution in [3.63, 3.8) is 0 Å². The van der Waals surface area contributed by atoms with E-state index in [9.17, 15) is 22.4 Å². The van der Waals surface area contributed by atoms with Crippen molar-refractivity contribution in [3.8, 4) is 17.2 Å². The number of nitrogens with zero attached hydrogens (tertiary/aromatic N) is 1. The fourth-order valence-corrected chi connectivity index (χ4v) is 2.61. The molecule has 0 aromatic heterocycles. The molecule has 7 heteroatoms. The minimum Gasteiger partial charge on any atom is -0.322 e. The molecule has 0 unspecified atom stereocenters. The smallest absolute Gasteiger partial charge is 0.322 e. The van der Waals surface area contributed by atoms with Crippen molar-refractivity contribution in [2.45, 2.75) is 6.18 Å². The number of nitrogens with one attached hydrogen (secondary N) is 1. The normalized spacial score (nSPS) is 11.0. The molecule has 1 amide bonds. The number of hydrogen-bond acceptors (Lipinski definition) is 2. The summed E-state index contributed by atoms with van der Waals surface area (Å²) in [5, 5.41) is 11.5. The second-order valence-corrected chi connectivity index (χ2v) is 5.91. The lowest BCUT2D eigenvalue weighted by Crippen LogP contribution is -2.11. The lowest BCUT2D eigenvalue weighted by Gasteiger charge is -2.11. The highest BCUT2D eigenvalue weighted by Crippen LogP contribution is 2.34. The number of hydrogen-bond donors (Lipinski definition) is 1. The fraction of sp³-hybridized carbons (Fsp3) is 0.0476. The Labute approximate surface area is 157 Å². The van der Waals surface area contributed by atoms with E-state index in [-0.39, 0.29) is 11.1 Å². The summed E-state index contributed by atoms with van der Waals surface area (Å²) < 4.78 is 52.2. The lowest BCUT2D eigenvalue weighted by atomic mass is 9.98. The van der Waals surface area contributed by atoms with Crippen molar-refractivity contribution in [1.29, 1.82) is 5.26 Å². The predicted octanol–water partition coefficient (Wildman–Crippen LogP) is 5.64. The number of alkyl halides is 3. The van der Waals surface area contributed by atoms with Gasteiger partial charge in [0.2, 0.25) is 0 Å². The van der Waals surface area contributed by atoms with E-state index in [1.54, 1.807) is 0 Å². The SMILES string of the molecule is N#Cc1ccc(-c2ccc(C(=O)Nc3ccc(F)cc3)cc2)cc1C(F)(F)F. The average molecular weight is 384 g/mol. The Morgan fingerprint density at radius 1 is 0.893 bits per heavy atom. The molecule has 140 valence electrons. The van der Waals surface area contributed by atoms with Crippen LogP contribution in [0.25, 0.3) is 11.1 Å². The van der Waals surface area contributed by atoms with Gasteiger partial charge in [-0.15, -0.1) is 0 Å². The Bertz CT molecular complexity index is 1050. The average Bonchev–Trinajstić information content (AvgIpc) is 2.68. The highest BCUT2D eigenvalue weighted by atomic mass is 19.4. The summed E-state index contributed by atoms with van der Waals surface area (Å²) in [6.07, 6.45) is -4.64. The number of halogens is 4. The summed E-state index contributed by atoms with van der Waals surface area (Å²) >= 11 is 0. The van der Waals surface area contributed by atoms with Gasteiger partial charge in [0.15, 0.2) is 0 Å². The third-order valence-electron chi connectivity index (χ3n) is 4.03. The van der Waals surface area contributed by atoms with Crippen LogP contribution in [0.15, 0.2) is 66.7 Å². The van der Waals surface area contributed by atoms with Crippen LogP contribution in [0.4, 0.5) is 23.2 Å². The fourth-order valence-electron chi connectivity index (χ4n) is 2.61. The highest BCUT2D eigenvalue weighted by Gasteiger charge is 2.33. The number of rotatable bonds is 3. The van der Waals surface area contributed by atoms with Crippen LogP contribution in [0.1, 0.15) is 21.5 Å². The number of benzene rings is 3. The van der Waals surface area contributed by atoms with Gasteiger partial charge in [-0.1, -0.05) is 18.2 Å². The lowest BCUT2D eigenvalue weighted by molar-refractivity contribution is -0.137. The predicted molar refractivity (Wildman–Crippen MR) is 95.9 cm³/mol. The third-order valence-corrected chi connectivity index (χ3v) is 4.03. The second-order valence-electron chi connectivity index (χ2n) is 5.91. The quantitative estimate of drug-likeness (QED) is 0.595. The van der Waals surface area contributed by atoms with Crippen LogP contribution in [0.5, 0.6) is 0 Å². The van der Waals surface area contributed by atoms with E-state index in [2.05, 4.69) is 5.32 Å². The van der Waals surface area contributed by atoms with Crippen molar-refractivity contribution in [1.82, 2.24) is 0 Å². The molecule has 0 aliphatic carbocycles. The zero-order chi connectivity index (χ0) is 20.3. The van der Waals surface area contributed by atoms with Gasteiger partial charge in [-0.25, -0.2) is 4.39 Å². The molecule has 0 aliphatic rings. The Morgan fingerprint density at radius 3 is 2.07 bits per heavy atom. The number of carbonyl (C=O) groups excluding carboxylic acids is 1. The molecule has 3 aromatic carbocycles. The van der Waals surface area contributed by atoms with Gasteiger partial charge in [0.25, 0.3) is 5.91 Å². The van der Waals surface area contributed by atoms with Crippen molar-refractivity contribution >= 4 is 11.6 Å². The van der Waals surface area contributed by atoms with Gasteiger partial charge in [0.1, 0.15) is 5.82 Å². The zero-order valence-electron chi connectivity index (χ0n) is 14.2. The monoisotopic (exact) mass is 384 g/mol. The molecule has 28 heavy (non-hydrogen) atoms. The first-order valence-corrected chi connectivity index (χ1v) is 8.06. The van der Waals surface area contributed by atoms with Gasteiger partial charge in [0.05, 0.1) is 17.2 Å². The first-order valence-electron chi connectivity index (χ1n) is 8.06. The van der Waals surface area contributed by atoms with Gasteiger partial charge in [0, 0.05) is 11.3 Å². The maximum Gasteiger partial charge on any atom is 0.417 e. The standard InChI is InChI=1S/C21H12F4N2O/c22-17-7-9-18(10-8-17)27-20(28)14-3-1-13(2-4-14)15-5-6-16(12-26)19(11-15)21(23,24)25/h1-11H,(H,27,28). The number of carbonyl (C=O) groups is 1. The van der Waals surface area contributed by atoms with E-state index in [0.29, 0.717) is 11.3 Å². The minimum atomic E-state index is -4.64. The van der Waals surface area contributed by atoms with E-state index >= 15 is 0 Å². The summed E-state index contributed by atoms with van der Waals surface area (Å²) in [5.41, 5.74) is -0.0162. The summed E-state index contributed by atoms with van der Waals surface area (Å²) in [4.78, 5) is 12.2. The van der Waals surface area contributed by atoms with Crippen molar-refractivity contribution < 1.29 is 22.4 Å². The maximum atomic E-state index is 13.1. The molecule has 1 N–H and O–H groups in total. The Kier molecular flexibility index (Phi) is 5.14. The number of anilines is 1. The van der Waals surface area contributed by atoms with Crippen LogP contribution >= 0.6 is 0 Å². The van der Waals surface area contributed by atoms with Crippen LogP contribution in [-0.2, 0) is 6.18 Å². The van der Waals surface area contributed by atoms with E-state index < -0.39 is 29.0 Å². The van der Waals surface area contributed by atoms with Crippen molar-refractivity contribution in [3.05, 3.63) is 89.2 Å². The van der Waals surface area contributed by atoms with Crippen molar-refractivity contribution in [2.75, 3.05) is 5.32 Å². The van der Waals surface area contributed by atoms with E-state index in [1.165, 1.54) is 60.7 Å². The van der Waals surface area contributed by atoms with Crippen LogP contribution in [0.3, 0.4) is 0 Å². The molecule has 0 fully saturated rings. The third kappa shape index (κ3) is 4.18. The Balaban J connectivity index is 1.83. The van der Waals surface area contributed by atoms with Crippen LogP contribution < -0.4 is 5.32 Å². The van der Waals surface area contributed by atoms with Gasteiger partial charge >= 0.3 is 6.18 Å². The summed E-state index contributed by atoms with van der Waals surface area (Å²) in [7, 11) is 0. The molecule has 0 atom stereocenters. The topological polar surface area (TPSA) is 52.9 Å². The minimum absolute atomic E-state index is 0.275. The summed E-state index contributed by atoms with van der Waals surface area (Å²) in [6.45, 7) is 0. The molecule has 0 saturated carbocycles. The molecule has 0 saturated heterocycles. The summed E-state index contributed by atoms with van der Waals surface area (Å²) in [5.74, 6) is -0.864. The Hall–Kier alpha value is -3.66. The molecular weight excluding hydrogens is 372 g/mol. The zero-order valence-corrected chi connectivity index (χ0v) is 14.2. The maximum absolute atomic E-state index is 13.1. The van der Waals surface area contributed by atoms with Gasteiger partial charge in [-0.05, 0) is 59.7 Å². The molecule has 3 nitrogen and oxygen atoms in total. The molecule has 0 heterocycles. The molecule has 3 rings (SSSR count). The molecular formula is C21H12F4N2O. The Morgan fingerprint density at radius 2 is 1.50 bits per heavy atom. The summed E-state index contributed by atoms with van der Waals surface area (Å²) in [6, 6.07) is 16.2. The molecule has 0 spiro atoms. The molecule has 0 radical (unpaired) electrons. The van der Waals surface area contributed by atoms with E-state index in [4.69, 9.17) is 5.26 Å². The molecule has 3 aromatic rings. The first kappa shape index (κ1) is 19.1. The van der Waals surface area contributed by atoms with Crippen LogP contribution in [0.2, 0.25) is 0 Å². The molecule has 0 bridgehead atoms. The number of nitriles is 1. The van der Waals surface area contributed by atoms with Crippen molar-refractivity contribution in [2.24, 2.45) is 0 Å². The van der Waals surface area contributed by atoms with Gasteiger partial charge in [-0.3, -0.25) is 4.79 Å². The second kappa shape index (κ2) is 7.53. The van der Waals surface area contributed by atoms with E-state index in [0.717, 1.165) is 12.1 Å². The number of amides is 1. The van der Waals surface area contributed by atoms with Gasteiger partial charge < -0.3 is 5.32 Å². The molecule has 0 aliphatic heterocycles. The van der Waals surface area contributed by atoms with Gasteiger partial charge in [-0.2, -0.15) is 18.4 Å². The van der Waals surface area contributed by atoms with Crippen LogP contribution in [0, 0.1) is 17.1 Å². The van der Waals surface area contributed by atoms with Crippen LogP contribution in [-0.4, -0.2) is 5.91 Å². The highest BCUT2D eigenvalue weighted by molar-refractivity contribution is 6.04. The first-order chi connectivity index (χ1) is 13.3. The largest absolute Gasteiger partial charge is 0.417 e. The van der Waals surface area contributed by atoms with E-state index in [1.807, 2.05) is 0 Å².